The molecule has 1 fully saturated rings. The van der Waals surface area contributed by atoms with Gasteiger partial charge >= 0.3 is 0 Å². The van der Waals surface area contributed by atoms with Gasteiger partial charge in [0.1, 0.15) is 0 Å². The normalized spacial score (nSPS) is 23.2. The van der Waals surface area contributed by atoms with Gasteiger partial charge in [0.2, 0.25) is 5.91 Å². The topological polar surface area (TPSA) is 52.6 Å². The van der Waals surface area contributed by atoms with Crippen LogP contribution in [-0.2, 0) is 4.79 Å². The molecule has 1 rings (SSSR count). The van der Waals surface area contributed by atoms with E-state index in [0.29, 0.717) is 12.6 Å². The third-order valence-electron chi connectivity index (χ3n) is 3.62. The number of aliphatic hydroxyl groups excluding tert-OH is 1. The molecule has 1 saturated heterocycles. The molecule has 1 heterocycles. The number of nitrogens with one attached hydrogen (secondary N) is 1. The van der Waals surface area contributed by atoms with Crippen molar-refractivity contribution in [3.05, 3.63) is 0 Å². The van der Waals surface area contributed by atoms with Crippen molar-refractivity contribution in [2.75, 3.05) is 19.7 Å². The van der Waals surface area contributed by atoms with Gasteiger partial charge in [0.15, 0.2) is 0 Å². The van der Waals surface area contributed by atoms with Crippen molar-refractivity contribution >= 4 is 5.91 Å². The fraction of sp³-hybridized carbons (Fsp3) is 0.923. The van der Waals surface area contributed by atoms with E-state index < -0.39 is 0 Å². The fourth-order valence-electron chi connectivity index (χ4n) is 2.20. The van der Waals surface area contributed by atoms with Gasteiger partial charge in [0.25, 0.3) is 0 Å². The molecule has 4 nitrogen and oxygen atoms in total. The first-order chi connectivity index (χ1) is 8.19. The van der Waals surface area contributed by atoms with Crippen LogP contribution in [0.1, 0.15) is 46.0 Å². The van der Waals surface area contributed by atoms with Gasteiger partial charge in [0, 0.05) is 12.6 Å². The Hall–Kier alpha value is -0.610. The van der Waals surface area contributed by atoms with Crippen LogP contribution in [0.25, 0.3) is 0 Å². The molecule has 2 N–H and O–H groups in total. The van der Waals surface area contributed by atoms with Crippen molar-refractivity contribution in [3.63, 3.8) is 0 Å². The standard InChI is InChI=1S/C13H26N2O2/c1-3-11(2)14-9-13(17)15-8-6-4-5-7-12(15)10-16/h11-12,14,16H,3-10H2,1-2H3. The Balaban J connectivity index is 2.46. The van der Waals surface area contributed by atoms with E-state index in [1.54, 1.807) is 0 Å². The molecule has 1 aliphatic heterocycles. The molecule has 0 aliphatic carbocycles. The summed E-state index contributed by atoms with van der Waals surface area (Å²) in [6, 6.07) is 0.405. The van der Waals surface area contributed by atoms with E-state index in [1.807, 2.05) is 4.90 Å². The van der Waals surface area contributed by atoms with Crippen molar-refractivity contribution in [2.24, 2.45) is 0 Å². The third-order valence-corrected chi connectivity index (χ3v) is 3.62. The van der Waals surface area contributed by atoms with Gasteiger partial charge in [-0.2, -0.15) is 0 Å². The minimum absolute atomic E-state index is 0.0312. The highest BCUT2D eigenvalue weighted by atomic mass is 16.3. The van der Waals surface area contributed by atoms with Crippen molar-refractivity contribution in [1.82, 2.24) is 10.2 Å². The van der Waals surface area contributed by atoms with Gasteiger partial charge in [-0.3, -0.25) is 4.79 Å². The maximum Gasteiger partial charge on any atom is 0.236 e. The van der Waals surface area contributed by atoms with Crippen LogP contribution in [0.4, 0.5) is 0 Å². The number of carbonyl (C=O) groups is 1. The molecular formula is C13H26N2O2. The lowest BCUT2D eigenvalue weighted by molar-refractivity contribution is -0.133. The molecule has 4 heteroatoms. The van der Waals surface area contributed by atoms with Gasteiger partial charge in [-0.1, -0.05) is 19.8 Å². The molecule has 2 unspecified atom stereocenters. The summed E-state index contributed by atoms with van der Waals surface area (Å²) in [5.41, 5.74) is 0. The molecule has 0 bridgehead atoms. The van der Waals surface area contributed by atoms with Crippen molar-refractivity contribution < 1.29 is 9.90 Å². The third kappa shape index (κ3) is 4.64. The average molecular weight is 242 g/mol. The van der Waals surface area contributed by atoms with E-state index in [9.17, 15) is 9.90 Å². The number of likely N-dealkylation sites (tertiary alicyclic amines) is 1. The molecule has 0 saturated carbocycles. The molecule has 0 aromatic carbocycles. The molecule has 0 radical (unpaired) electrons. The highest BCUT2D eigenvalue weighted by Gasteiger charge is 2.24. The van der Waals surface area contributed by atoms with E-state index in [-0.39, 0.29) is 18.6 Å². The first kappa shape index (κ1) is 14.5. The zero-order valence-corrected chi connectivity index (χ0v) is 11.1. The van der Waals surface area contributed by atoms with Gasteiger partial charge in [-0.05, 0) is 26.2 Å². The molecular weight excluding hydrogens is 216 g/mol. The smallest absolute Gasteiger partial charge is 0.236 e. The van der Waals surface area contributed by atoms with Crippen LogP contribution >= 0.6 is 0 Å². The summed E-state index contributed by atoms with van der Waals surface area (Å²) >= 11 is 0. The SMILES string of the molecule is CCC(C)NCC(=O)N1CCCCCC1CO. The van der Waals surface area contributed by atoms with Crippen LogP contribution in [-0.4, -0.2) is 47.7 Å². The van der Waals surface area contributed by atoms with Crippen LogP contribution in [0.2, 0.25) is 0 Å². The highest BCUT2D eigenvalue weighted by Crippen LogP contribution is 2.16. The van der Waals surface area contributed by atoms with Gasteiger partial charge in [-0.15, -0.1) is 0 Å². The number of nitrogens with zero attached hydrogens (tertiary/aromatic N) is 1. The first-order valence-corrected chi connectivity index (χ1v) is 6.82. The van der Waals surface area contributed by atoms with Crippen molar-refractivity contribution in [3.8, 4) is 0 Å². The molecule has 0 aromatic rings. The number of amides is 1. The monoisotopic (exact) mass is 242 g/mol. The van der Waals surface area contributed by atoms with Crippen molar-refractivity contribution in [1.29, 1.82) is 0 Å². The van der Waals surface area contributed by atoms with E-state index in [4.69, 9.17) is 0 Å². The second-order valence-corrected chi connectivity index (χ2v) is 4.96. The van der Waals surface area contributed by atoms with Crippen LogP contribution < -0.4 is 5.32 Å². The number of aliphatic hydroxyl groups is 1. The predicted octanol–water partition coefficient (Wildman–Crippen LogP) is 1.14. The van der Waals surface area contributed by atoms with Gasteiger partial charge in [-0.25, -0.2) is 0 Å². The summed E-state index contributed by atoms with van der Waals surface area (Å²) in [4.78, 5) is 14.0. The maximum absolute atomic E-state index is 12.1. The lowest BCUT2D eigenvalue weighted by atomic mass is 10.1. The Morgan fingerprint density at radius 1 is 1.47 bits per heavy atom. The van der Waals surface area contributed by atoms with Crippen LogP contribution in [0.15, 0.2) is 0 Å². The minimum Gasteiger partial charge on any atom is -0.394 e. The van der Waals surface area contributed by atoms with Crippen LogP contribution in [0.5, 0.6) is 0 Å². The predicted molar refractivity (Wildman–Crippen MR) is 68.8 cm³/mol. The Morgan fingerprint density at radius 2 is 2.24 bits per heavy atom. The molecule has 0 spiro atoms. The number of rotatable bonds is 5. The molecule has 1 aliphatic rings. The molecule has 1 amide bonds. The summed E-state index contributed by atoms with van der Waals surface area (Å²) in [6.07, 6.45) is 5.31. The minimum atomic E-state index is 0.0312. The maximum atomic E-state index is 12.1. The lowest BCUT2D eigenvalue weighted by Gasteiger charge is -2.29. The zero-order valence-electron chi connectivity index (χ0n) is 11.1. The molecule has 0 aromatic heterocycles. The van der Waals surface area contributed by atoms with E-state index in [2.05, 4.69) is 19.2 Å². The second kappa shape index (κ2) is 7.67. The van der Waals surface area contributed by atoms with Gasteiger partial charge in [0.05, 0.1) is 19.2 Å². The summed E-state index contributed by atoms with van der Waals surface area (Å²) in [7, 11) is 0. The highest BCUT2D eigenvalue weighted by molar-refractivity contribution is 5.78. The Bertz CT molecular complexity index is 233. The Morgan fingerprint density at radius 3 is 2.88 bits per heavy atom. The first-order valence-electron chi connectivity index (χ1n) is 6.82. The lowest BCUT2D eigenvalue weighted by Crippen LogP contribution is -2.47. The summed E-state index contributed by atoms with van der Waals surface area (Å²) in [6.45, 7) is 5.47. The van der Waals surface area contributed by atoms with Crippen LogP contribution in [0, 0.1) is 0 Å². The largest absolute Gasteiger partial charge is 0.394 e. The summed E-state index contributed by atoms with van der Waals surface area (Å²) < 4.78 is 0. The molecule has 2 atom stereocenters. The van der Waals surface area contributed by atoms with E-state index in [0.717, 1.165) is 32.2 Å². The summed E-state index contributed by atoms with van der Waals surface area (Å²) in [5, 5.41) is 12.6. The Labute approximate surface area is 104 Å². The Kier molecular flexibility index (Phi) is 6.52. The quantitative estimate of drug-likeness (QED) is 0.760. The second-order valence-electron chi connectivity index (χ2n) is 4.96. The zero-order chi connectivity index (χ0) is 12.7. The van der Waals surface area contributed by atoms with E-state index >= 15 is 0 Å². The number of hydrogen-bond acceptors (Lipinski definition) is 3. The van der Waals surface area contributed by atoms with Crippen LogP contribution in [0.3, 0.4) is 0 Å². The molecule has 17 heavy (non-hydrogen) atoms. The number of carbonyl (C=O) groups excluding carboxylic acids is 1. The number of hydrogen-bond donors (Lipinski definition) is 2. The van der Waals surface area contributed by atoms with E-state index in [1.165, 1.54) is 6.42 Å². The van der Waals surface area contributed by atoms with Gasteiger partial charge < -0.3 is 15.3 Å². The van der Waals surface area contributed by atoms with Crippen molar-refractivity contribution in [2.45, 2.75) is 58.0 Å². The fourth-order valence-corrected chi connectivity index (χ4v) is 2.20. The summed E-state index contributed by atoms with van der Waals surface area (Å²) in [5.74, 6) is 0.131. The molecule has 100 valence electrons. The average Bonchev–Trinajstić information content (AvgIpc) is 2.60.